The normalized spacial score (nSPS) is 23.1. The molecule has 0 amide bonds. The van der Waals surface area contributed by atoms with E-state index < -0.39 is 12.0 Å². The maximum Gasteiger partial charge on any atom is 0.248 e. The molecule has 4 nitrogen and oxygen atoms in total. The summed E-state index contributed by atoms with van der Waals surface area (Å²) in [5, 5.41) is 17.0. The molecule has 0 spiro atoms. The van der Waals surface area contributed by atoms with Gasteiger partial charge in [0.25, 0.3) is 0 Å². The SMILES string of the molecule is Cn1cc(C(O)C2CC(F)(F)C2)nn1. The number of aliphatic hydroxyl groups excluding tert-OH is 1. The summed E-state index contributed by atoms with van der Waals surface area (Å²) >= 11 is 0. The largest absolute Gasteiger partial charge is 0.386 e. The molecule has 2 rings (SSSR count). The highest BCUT2D eigenvalue weighted by molar-refractivity contribution is 5.03. The van der Waals surface area contributed by atoms with Crippen molar-refractivity contribution in [3.63, 3.8) is 0 Å². The predicted octanol–water partition coefficient (Wildman–Crippen LogP) is 0.894. The van der Waals surface area contributed by atoms with Crippen LogP contribution in [0.2, 0.25) is 0 Å². The molecule has 1 N–H and O–H groups in total. The van der Waals surface area contributed by atoms with Gasteiger partial charge in [-0.05, 0) is 0 Å². The van der Waals surface area contributed by atoms with Gasteiger partial charge in [0, 0.05) is 25.8 Å². The third kappa shape index (κ3) is 1.61. The molecule has 1 aliphatic rings. The number of aromatic nitrogens is 3. The monoisotopic (exact) mass is 203 g/mol. The zero-order valence-corrected chi connectivity index (χ0v) is 7.69. The Morgan fingerprint density at radius 2 is 2.29 bits per heavy atom. The number of alkyl halides is 2. The van der Waals surface area contributed by atoms with E-state index in [1.54, 1.807) is 13.2 Å². The fourth-order valence-corrected chi connectivity index (χ4v) is 1.67. The molecule has 1 heterocycles. The van der Waals surface area contributed by atoms with Crippen LogP contribution in [-0.4, -0.2) is 26.0 Å². The highest BCUT2D eigenvalue weighted by Crippen LogP contribution is 2.47. The van der Waals surface area contributed by atoms with Gasteiger partial charge in [0.15, 0.2) is 0 Å². The fourth-order valence-electron chi connectivity index (χ4n) is 1.67. The molecule has 1 aromatic rings. The molecule has 0 aromatic carbocycles. The molecule has 1 aromatic heterocycles. The van der Waals surface area contributed by atoms with Crippen molar-refractivity contribution < 1.29 is 13.9 Å². The third-order valence-electron chi connectivity index (χ3n) is 2.49. The Kier molecular flexibility index (Phi) is 2.02. The topological polar surface area (TPSA) is 50.9 Å². The molecule has 78 valence electrons. The van der Waals surface area contributed by atoms with Gasteiger partial charge >= 0.3 is 0 Å². The standard InChI is InChI=1S/C8H11F2N3O/c1-13-4-6(11-12-13)7(14)5-2-8(9,10)3-5/h4-5,7,14H,2-3H2,1H3. The van der Waals surface area contributed by atoms with E-state index in [0.717, 1.165) is 0 Å². The van der Waals surface area contributed by atoms with E-state index in [0.29, 0.717) is 5.69 Å². The van der Waals surface area contributed by atoms with E-state index >= 15 is 0 Å². The summed E-state index contributed by atoms with van der Waals surface area (Å²) in [6.07, 6.45) is 0.111. The van der Waals surface area contributed by atoms with Crippen LogP contribution in [0, 0.1) is 5.92 Å². The van der Waals surface area contributed by atoms with E-state index in [1.165, 1.54) is 4.68 Å². The highest BCUT2D eigenvalue weighted by Gasteiger charge is 2.49. The van der Waals surface area contributed by atoms with Gasteiger partial charge in [-0.15, -0.1) is 5.10 Å². The molecule has 1 aliphatic carbocycles. The average Bonchev–Trinajstić information content (AvgIpc) is 2.46. The van der Waals surface area contributed by atoms with E-state index in [-0.39, 0.29) is 18.8 Å². The first kappa shape index (κ1) is 9.51. The number of nitrogens with zero attached hydrogens (tertiary/aromatic N) is 3. The van der Waals surface area contributed by atoms with Crippen LogP contribution in [0.5, 0.6) is 0 Å². The molecule has 1 saturated carbocycles. The van der Waals surface area contributed by atoms with Crippen LogP contribution >= 0.6 is 0 Å². The van der Waals surface area contributed by atoms with Gasteiger partial charge in [-0.3, -0.25) is 4.68 Å². The van der Waals surface area contributed by atoms with Crippen LogP contribution in [-0.2, 0) is 7.05 Å². The second kappa shape index (κ2) is 2.98. The average molecular weight is 203 g/mol. The number of hydrogen-bond acceptors (Lipinski definition) is 3. The quantitative estimate of drug-likeness (QED) is 0.776. The third-order valence-corrected chi connectivity index (χ3v) is 2.49. The van der Waals surface area contributed by atoms with Crippen LogP contribution in [0.1, 0.15) is 24.6 Å². The number of halogens is 2. The lowest BCUT2D eigenvalue weighted by Gasteiger charge is -2.37. The molecule has 1 fully saturated rings. The molecule has 0 saturated heterocycles. The maximum absolute atomic E-state index is 12.5. The zero-order valence-electron chi connectivity index (χ0n) is 7.69. The molecule has 0 radical (unpaired) electrons. The van der Waals surface area contributed by atoms with Crippen LogP contribution in [0.25, 0.3) is 0 Å². The van der Waals surface area contributed by atoms with Crippen LogP contribution in [0.4, 0.5) is 8.78 Å². The number of hydrogen-bond donors (Lipinski definition) is 1. The number of aryl methyl sites for hydroxylation is 1. The number of rotatable bonds is 2. The molecule has 1 atom stereocenters. The van der Waals surface area contributed by atoms with Crippen molar-refractivity contribution in [2.45, 2.75) is 24.9 Å². The lowest BCUT2D eigenvalue weighted by molar-refractivity contribution is -0.143. The predicted molar refractivity (Wildman–Crippen MR) is 43.6 cm³/mol. The maximum atomic E-state index is 12.5. The fraction of sp³-hybridized carbons (Fsp3) is 0.750. The minimum atomic E-state index is -2.60. The van der Waals surface area contributed by atoms with Gasteiger partial charge in [-0.25, -0.2) is 8.78 Å². The molecule has 0 aliphatic heterocycles. The Labute approximate surface area is 79.5 Å². The molecular weight excluding hydrogens is 192 g/mol. The number of aliphatic hydroxyl groups is 1. The summed E-state index contributed by atoms with van der Waals surface area (Å²) in [7, 11) is 1.67. The van der Waals surface area contributed by atoms with Crippen molar-refractivity contribution >= 4 is 0 Å². The molecule has 0 bridgehead atoms. The summed E-state index contributed by atoms with van der Waals surface area (Å²) in [6.45, 7) is 0. The Morgan fingerprint density at radius 1 is 1.64 bits per heavy atom. The first-order chi connectivity index (χ1) is 6.48. The van der Waals surface area contributed by atoms with Crippen LogP contribution in [0.15, 0.2) is 6.20 Å². The van der Waals surface area contributed by atoms with Crippen molar-refractivity contribution in [1.29, 1.82) is 0 Å². The van der Waals surface area contributed by atoms with Crippen LogP contribution < -0.4 is 0 Å². The Hall–Kier alpha value is -1.04. The van der Waals surface area contributed by atoms with Crippen molar-refractivity contribution in [3.8, 4) is 0 Å². The first-order valence-electron chi connectivity index (χ1n) is 4.40. The van der Waals surface area contributed by atoms with Crippen molar-refractivity contribution in [3.05, 3.63) is 11.9 Å². The molecule has 6 heteroatoms. The smallest absolute Gasteiger partial charge is 0.248 e. The lowest BCUT2D eigenvalue weighted by atomic mass is 9.77. The van der Waals surface area contributed by atoms with Crippen LogP contribution in [0.3, 0.4) is 0 Å². The lowest BCUT2D eigenvalue weighted by Crippen LogP contribution is -2.38. The summed E-state index contributed by atoms with van der Waals surface area (Å²) in [6, 6.07) is 0. The van der Waals surface area contributed by atoms with Crippen molar-refractivity contribution in [1.82, 2.24) is 15.0 Å². The van der Waals surface area contributed by atoms with Gasteiger partial charge in [-0.1, -0.05) is 5.21 Å². The van der Waals surface area contributed by atoms with Gasteiger partial charge < -0.3 is 5.11 Å². The highest BCUT2D eigenvalue weighted by atomic mass is 19.3. The Morgan fingerprint density at radius 3 is 2.71 bits per heavy atom. The zero-order chi connectivity index (χ0) is 10.3. The summed E-state index contributed by atoms with van der Waals surface area (Å²) < 4.78 is 26.5. The van der Waals surface area contributed by atoms with Gasteiger partial charge in [0.1, 0.15) is 11.8 Å². The van der Waals surface area contributed by atoms with E-state index in [1.807, 2.05) is 0 Å². The minimum absolute atomic E-state index is 0.259. The van der Waals surface area contributed by atoms with E-state index in [4.69, 9.17) is 0 Å². The Bertz CT molecular complexity index is 331. The van der Waals surface area contributed by atoms with Gasteiger partial charge in [0.05, 0.1) is 6.20 Å². The summed E-state index contributed by atoms with van der Waals surface area (Å²) in [5.41, 5.74) is 0.369. The second-order valence-corrected chi connectivity index (χ2v) is 3.79. The summed E-state index contributed by atoms with van der Waals surface area (Å²) in [5.74, 6) is -2.99. The van der Waals surface area contributed by atoms with Gasteiger partial charge in [0.2, 0.25) is 5.92 Å². The second-order valence-electron chi connectivity index (χ2n) is 3.79. The van der Waals surface area contributed by atoms with E-state index in [2.05, 4.69) is 10.3 Å². The molecular formula is C8H11F2N3O. The minimum Gasteiger partial charge on any atom is -0.386 e. The first-order valence-corrected chi connectivity index (χ1v) is 4.40. The van der Waals surface area contributed by atoms with Crippen molar-refractivity contribution in [2.75, 3.05) is 0 Å². The molecule has 14 heavy (non-hydrogen) atoms. The summed E-state index contributed by atoms with van der Waals surface area (Å²) in [4.78, 5) is 0. The molecule has 1 unspecified atom stereocenters. The Balaban J connectivity index is 2.00. The van der Waals surface area contributed by atoms with Gasteiger partial charge in [-0.2, -0.15) is 0 Å². The van der Waals surface area contributed by atoms with Crippen molar-refractivity contribution in [2.24, 2.45) is 13.0 Å². The van der Waals surface area contributed by atoms with E-state index in [9.17, 15) is 13.9 Å².